The molecule has 6 heteroatoms. The predicted octanol–water partition coefficient (Wildman–Crippen LogP) is -1.78. The second kappa shape index (κ2) is 4.60. The zero-order valence-corrected chi connectivity index (χ0v) is 7.64. The van der Waals surface area contributed by atoms with Crippen LogP contribution in [0.3, 0.4) is 0 Å². The fraction of sp³-hybridized carbons (Fsp3) is 0.857. The standard InChI is InChI=1S/C7H14BNO4/c1-9-6-3-2-5(4-7(10)11)13-8(6)12/h5-6,9,12H,2-4H2,1H3,(H,10,11)/p+1. The van der Waals surface area contributed by atoms with E-state index in [1.165, 1.54) is 0 Å². The summed E-state index contributed by atoms with van der Waals surface area (Å²) in [5.74, 6) is -0.832. The summed E-state index contributed by atoms with van der Waals surface area (Å²) in [6.45, 7) is 0. The molecule has 0 amide bonds. The Balaban J connectivity index is 2.36. The maximum absolute atomic E-state index is 10.4. The van der Waals surface area contributed by atoms with Gasteiger partial charge in [-0.3, -0.25) is 4.79 Å². The van der Waals surface area contributed by atoms with E-state index in [1.54, 1.807) is 0 Å². The van der Waals surface area contributed by atoms with Gasteiger partial charge in [-0.1, -0.05) is 0 Å². The Kier molecular flexibility index (Phi) is 3.71. The molecule has 1 saturated heterocycles. The molecule has 1 aliphatic heterocycles. The van der Waals surface area contributed by atoms with E-state index >= 15 is 0 Å². The van der Waals surface area contributed by atoms with Crippen LogP contribution in [-0.4, -0.2) is 42.3 Å². The average molecular weight is 188 g/mol. The molecule has 1 fully saturated rings. The SMILES string of the molecule is C[NH2+]C1CCC(CC(=O)O)OB1O. The van der Waals surface area contributed by atoms with Gasteiger partial charge in [0.25, 0.3) is 0 Å². The number of aliphatic carboxylic acids is 1. The summed E-state index contributed by atoms with van der Waals surface area (Å²) in [6.07, 6.45) is 1.16. The topological polar surface area (TPSA) is 83.4 Å². The molecule has 0 radical (unpaired) electrons. The summed E-state index contributed by atoms with van der Waals surface area (Å²) in [5, 5.41) is 19.8. The van der Waals surface area contributed by atoms with Crippen LogP contribution in [0, 0.1) is 0 Å². The first-order valence-corrected chi connectivity index (χ1v) is 4.48. The minimum absolute atomic E-state index is 0.0203. The summed E-state index contributed by atoms with van der Waals surface area (Å²) in [4.78, 5) is 10.4. The highest BCUT2D eigenvalue weighted by atomic mass is 16.5. The van der Waals surface area contributed by atoms with Crippen LogP contribution in [0.25, 0.3) is 0 Å². The fourth-order valence-electron chi connectivity index (χ4n) is 1.56. The molecule has 2 unspecified atom stereocenters. The number of carboxylic acid groups (broad SMARTS) is 1. The molecular formula is C7H15BNO4+. The van der Waals surface area contributed by atoms with Crippen LogP contribution in [0.2, 0.25) is 0 Å². The number of hydrogen-bond donors (Lipinski definition) is 3. The Morgan fingerprint density at radius 1 is 1.69 bits per heavy atom. The van der Waals surface area contributed by atoms with Crippen LogP contribution >= 0.6 is 0 Å². The minimum Gasteiger partial charge on any atom is -0.481 e. The summed E-state index contributed by atoms with van der Waals surface area (Å²) in [5.41, 5.74) is 0. The molecule has 74 valence electrons. The lowest BCUT2D eigenvalue weighted by molar-refractivity contribution is -0.649. The highest BCUT2D eigenvalue weighted by Crippen LogP contribution is 2.16. The number of carbonyl (C=O) groups is 1. The maximum atomic E-state index is 10.4. The van der Waals surface area contributed by atoms with Gasteiger partial charge >= 0.3 is 13.1 Å². The molecule has 0 saturated carbocycles. The number of carboxylic acids is 1. The highest BCUT2D eigenvalue weighted by Gasteiger charge is 2.37. The Morgan fingerprint density at radius 2 is 2.38 bits per heavy atom. The van der Waals surface area contributed by atoms with Gasteiger partial charge in [0.05, 0.1) is 19.6 Å². The quantitative estimate of drug-likeness (QED) is 0.457. The molecule has 13 heavy (non-hydrogen) atoms. The van der Waals surface area contributed by atoms with E-state index in [4.69, 9.17) is 9.76 Å². The van der Waals surface area contributed by atoms with Gasteiger partial charge in [0.15, 0.2) is 0 Å². The maximum Gasteiger partial charge on any atom is 0.518 e. The Hall–Kier alpha value is -0.585. The molecule has 0 bridgehead atoms. The van der Waals surface area contributed by atoms with Crippen molar-refractivity contribution in [1.82, 2.24) is 0 Å². The van der Waals surface area contributed by atoms with Crippen LogP contribution in [0.1, 0.15) is 19.3 Å². The van der Waals surface area contributed by atoms with Crippen LogP contribution in [0.4, 0.5) is 0 Å². The van der Waals surface area contributed by atoms with Crippen molar-refractivity contribution >= 4 is 13.1 Å². The lowest BCUT2D eigenvalue weighted by Gasteiger charge is -2.27. The van der Waals surface area contributed by atoms with Crippen molar-refractivity contribution in [3.63, 3.8) is 0 Å². The molecular weight excluding hydrogens is 173 g/mol. The van der Waals surface area contributed by atoms with Crippen molar-refractivity contribution in [2.24, 2.45) is 0 Å². The van der Waals surface area contributed by atoms with Gasteiger partial charge in [-0.25, -0.2) is 0 Å². The zero-order chi connectivity index (χ0) is 9.84. The Bertz CT molecular complexity index is 189. The van der Waals surface area contributed by atoms with Gasteiger partial charge < -0.3 is 20.1 Å². The molecule has 1 heterocycles. The lowest BCUT2D eigenvalue weighted by atomic mass is 9.72. The number of quaternary nitrogens is 1. The average Bonchev–Trinajstić information content (AvgIpc) is 2.03. The van der Waals surface area contributed by atoms with Crippen molar-refractivity contribution in [2.75, 3.05) is 7.05 Å². The van der Waals surface area contributed by atoms with E-state index in [0.717, 1.165) is 6.42 Å². The highest BCUT2D eigenvalue weighted by molar-refractivity contribution is 6.44. The lowest BCUT2D eigenvalue weighted by Crippen LogP contribution is -2.90. The molecule has 0 spiro atoms. The monoisotopic (exact) mass is 188 g/mol. The van der Waals surface area contributed by atoms with Crippen LogP contribution in [0.15, 0.2) is 0 Å². The molecule has 0 aromatic rings. The summed E-state index contributed by atoms with van der Waals surface area (Å²) in [6, 6.07) is 0. The van der Waals surface area contributed by atoms with Gasteiger partial charge in [0.2, 0.25) is 0 Å². The van der Waals surface area contributed by atoms with E-state index in [1.807, 2.05) is 12.4 Å². The van der Waals surface area contributed by atoms with Gasteiger partial charge in [-0.05, 0) is 12.8 Å². The normalized spacial score (nSPS) is 28.9. The van der Waals surface area contributed by atoms with Crippen LogP contribution < -0.4 is 5.32 Å². The third-order valence-corrected chi connectivity index (χ3v) is 2.35. The molecule has 5 nitrogen and oxygen atoms in total. The van der Waals surface area contributed by atoms with E-state index in [9.17, 15) is 9.82 Å². The summed E-state index contributed by atoms with van der Waals surface area (Å²) in [7, 11) is 1.04. The molecule has 0 aromatic heterocycles. The van der Waals surface area contributed by atoms with Crippen LogP contribution in [0.5, 0.6) is 0 Å². The second-order valence-corrected chi connectivity index (χ2v) is 3.32. The third kappa shape index (κ3) is 2.98. The van der Waals surface area contributed by atoms with Gasteiger partial charge in [-0.2, -0.15) is 0 Å². The van der Waals surface area contributed by atoms with E-state index in [2.05, 4.69) is 0 Å². The molecule has 0 aliphatic carbocycles. The molecule has 4 N–H and O–H groups in total. The molecule has 0 aromatic carbocycles. The number of rotatable bonds is 3. The first-order chi connectivity index (χ1) is 6.13. The molecule has 1 rings (SSSR count). The van der Waals surface area contributed by atoms with Gasteiger partial charge in [-0.15, -0.1) is 0 Å². The van der Waals surface area contributed by atoms with Crippen molar-refractivity contribution in [3.8, 4) is 0 Å². The van der Waals surface area contributed by atoms with Gasteiger partial charge in [0.1, 0.15) is 5.94 Å². The molecule has 2 atom stereocenters. The van der Waals surface area contributed by atoms with Gasteiger partial charge in [0, 0.05) is 0 Å². The Labute approximate surface area is 77.2 Å². The number of nitrogens with two attached hydrogens (primary N) is 1. The van der Waals surface area contributed by atoms with E-state index in [0.29, 0.717) is 6.42 Å². The van der Waals surface area contributed by atoms with E-state index < -0.39 is 13.1 Å². The third-order valence-electron chi connectivity index (χ3n) is 2.35. The van der Waals surface area contributed by atoms with Crippen molar-refractivity contribution in [1.29, 1.82) is 0 Å². The zero-order valence-electron chi connectivity index (χ0n) is 7.64. The minimum atomic E-state index is -0.879. The summed E-state index contributed by atoms with van der Waals surface area (Å²) < 4.78 is 5.14. The molecule has 1 aliphatic rings. The largest absolute Gasteiger partial charge is 0.518 e. The fourth-order valence-corrected chi connectivity index (χ4v) is 1.56. The predicted molar refractivity (Wildman–Crippen MR) is 46.0 cm³/mol. The summed E-state index contributed by atoms with van der Waals surface area (Å²) >= 11 is 0. The first kappa shape index (κ1) is 10.5. The second-order valence-electron chi connectivity index (χ2n) is 3.32. The van der Waals surface area contributed by atoms with E-state index in [-0.39, 0.29) is 18.5 Å². The van der Waals surface area contributed by atoms with Crippen molar-refractivity contribution in [3.05, 3.63) is 0 Å². The smallest absolute Gasteiger partial charge is 0.481 e. The van der Waals surface area contributed by atoms with Crippen molar-refractivity contribution in [2.45, 2.75) is 31.3 Å². The van der Waals surface area contributed by atoms with Crippen molar-refractivity contribution < 1.29 is 24.9 Å². The first-order valence-electron chi connectivity index (χ1n) is 4.48. The number of hydrogen-bond acceptors (Lipinski definition) is 3. The Morgan fingerprint density at radius 3 is 2.85 bits per heavy atom. The van der Waals surface area contributed by atoms with Crippen LogP contribution in [-0.2, 0) is 9.45 Å².